The molecular weight excluding hydrogens is 556 g/mol. The van der Waals surface area contributed by atoms with Crippen molar-refractivity contribution in [1.82, 2.24) is 25.0 Å². The quantitative estimate of drug-likeness (QED) is 0.269. The van der Waals surface area contributed by atoms with Crippen LogP contribution in [0.25, 0.3) is 0 Å². The minimum atomic E-state index is -0.101. The number of benzene rings is 1. The molecule has 6 bridgehead atoms. The molecule has 5 heterocycles. The van der Waals surface area contributed by atoms with Crippen LogP contribution in [0.1, 0.15) is 53.1 Å². The molecule has 3 aromatic heterocycles. The van der Waals surface area contributed by atoms with Gasteiger partial charge in [0.05, 0.1) is 18.1 Å². The third-order valence-corrected chi connectivity index (χ3v) is 7.93. The summed E-state index contributed by atoms with van der Waals surface area (Å²) in [7, 11) is 0. The van der Waals surface area contributed by atoms with Crippen molar-refractivity contribution in [1.29, 1.82) is 0 Å². The van der Waals surface area contributed by atoms with Crippen LogP contribution in [0.5, 0.6) is 0 Å². The van der Waals surface area contributed by atoms with Crippen molar-refractivity contribution in [2.45, 2.75) is 45.4 Å². The second kappa shape index (κ2) is 12.2. The van der Waals surface area contributed by atoms with Gasteiger partial charge in [0.1, 0.15) is 10.8 Å². The van der Waals surface area contributed by atoms with Gasteiger partial charge in [-0.05, 0) is 80.3 Å². The molecule has 42 heavy (non-hydrogen) atoms. The molecule has 0 unspecified atom stereocenters. The second-order valence-electron chi connectivity index (χ2n) is 10.7. The number of carbonyl (C=O) groups is 2. The SMILES string of the molecule is Cc1cc(C(=O)N2CCC(CCC(=O)Nc3ccc4cc3CCc3cncc(c3)Nc3ncc(Cl)c(n3)N4)CC2)no1. The first-order valence-corrected chi connectivity index (χ1v) is 14.4. The van der Waals surface area contributed by atoms with Crippen molar-refractivity contribution >= 4 is 52.2 Å². The molecule has 6 rings (SSSR count). The number of fused-ring (bicyclic) bond motifs is 6. The maximum absolute atomic E-state index is 13.1. The summed E-state index contributed by atoms with van der Waals surface area (Å²) in [6, 6.07) is 9.50. The highest BCUT2D eigenvalue weighted by atomic mass is 35.5. The van der Waals surface area contributed by atoms with Crippen molar-refractivity contribution in [2.24, 2.45) is 5.92 Å². The summed E-state index contributed by atoms with van der Waals surface area (Å²) in [6.07, 6.45) is 9.44. The fraction of sp³-hybridized carbons (Fsp3) is 0.333. The zero-order chi connectivity index (χ0) is 29.1. The highest BCUT2D eigenvalue weighted by Gasteiger charge is 2.26. The number of amides is 2. The molecule has 0 radical (unpaired) electrons. The number of hydrogen-bond acceptors (Lipinski definition) is 9. The Balaban J connectivity index is 1.10. The summed E-state index contributed by atoms with van der Waals surface area (Å²) in [5, 5.41) is 13.8. The molecule has 2 aliphatic rings. The lowest BCUT2D eigenvalue weighted by Gasteiger charge is -2.31. The predicted molar refractivity (Wildman–Crippen MR) is 159 cm³/mol. The molecule has 12 heteroatoms. The second-order valence-corrected chi connectivity index (χ2v) is 11.1. The van der Waals surface area contributed by atoms with Crippen molar-refractivity contribution in [2.75, 3.05) is 29.0 Å². The van der Waals surface area contributed by atoms with Gasteiger partial charge in [-0.25, -0.2) is 4.98 Å². The van der Waals surface area contributed by atoms with Gasteiger partial charge >= 0.3 is 0 Å². The van der Waals surface area contributed by atoms with Crippen LogP contribution in [-0.2, 0) is 17.6 Å². The zero-order valence-corrected chi connectivity index (χ0v) is 23.9. The van der Waals surface area contributed by atoms with E-state index in [9.17, 15) is 9.59 Å². The Bertz CT molecular complexity index is 1620. The number of pyridine rings is 1. The molecule has 1 saturated heterocycles. The third kappa shape index (κ3) is 6.52. The van der Waals surface area contributed by atoms with E-state index in [0.29, 0.717) is 60.1 Å². The molecule has 1 aromatic carbocycles. The highest BCUT2D eigenvalue weighted by Crippen LogP contribution is 2.30. The van der Waals surface area contributed by atoms with Crippen LogP contribution in [0.15, 0.2) is 53.4 Å². The highest BCUT2D eigenvalue weighted by molar-refractivity contribution is 6.32. The number of aromatic nitrogens is 4. The van der Waals surface area contributed by atoms with Gasteiger partial charge in [0.25, 0.3) is 5.91 Å². The average Bonchev–Trinajstić information content (AvgIpc) is 3.43. The Morgan fingerprint density at radius 3 is 2.74 bits per heavy atom. The number of likely N-dealkylation sites (tertiary alicyclic amines) is 1. The molecule has 3 N–H and O–H groups in total. The summed E-state index contributed by atoms with van der Waals surface area (Å²) in [4.78, 5) is 40.7. The molecule has 4 aromatic rings. The van der Waals surface area contributed by atoms with E-state index in [1.54, 1.807) is 25.4 Å². The Morgan fingerprint density at radius 1 is 1.07 bits per heavy atom. The average molecular weight is 587 g/mol. The first kappa shape index (κ1) is 27.6. The summed E-state index contributed by atoms with van der Waals surface area (Å²) < 4.78 is 5.04. The lowest BCUT2D eigenvalue weighted by atomic mass is 9.92. The van der Waals surface area contributed by atoms with Gasteiger partial charge in [-0.1, -0.05) is 16.8 Å². The zero-order valence-electron chi connectivity index (χ0n) is 23.2. The Labute approximate surface area is 248 Å². The number of nitrogens with zero attached hydrogens (tertiary/aromatic N) is 5. The van der Waals surface area contributed by atoms with E-state index >= 15 is 0 Å². The number of aryl methyl sites for hydroxylation is 3. The monoisotopic (exact) mass is 586 g/mol. The van der Waals surface area contributed by atoms with Crippen LogP contribution in [-0.4, -0.2) is 49.9 Å². The molecule has 1 fully saturated rings. The van der Waals surface area contributed by atoms with Crippen LogP contribution in [0.3, 0.4) is 0 Å². The molecule has 2 aliphatic heterocycles. The van der Waals surface area contributed by atoms with Crippen LogP contribution < -0.4 is 16.0 Å². The maximum atomic E-state index is 13.1. The number of halogens is 1. The molecule has 11 nitrogen and oxygen atoms in total. The van der Waals surface area contributed by atoms with E-state index in [4.69, 9.17) is 16.1 Å². The molecule has 0 spiro atoms. The van der Waals surface area contributed by atoms with E-state index in [0.717, 1.165) is 53.9 Å². The lowest BCUT2D eigenvalue weighted by Crippen LogP contribution is -2.38. The number of carbonyl (C=O) groups excluding carboxylic acids is 2. The van der Waals surface area contributed by atoms with Gasteiger partial charge in [0.2, 0.25) is 11.9 Å². The molecule has 2 amide bonds. The predicted octanol–water partition coefficient (Wildman–Crippen LogP) is 5.68. The molecule has 0 saturated carbocycles. The largest absolute Gasteiger partial charge is 0.361 e. The van der Waals surface area contributed by atoms with E-state index in [1.807, 2.05) is 35.4 Å². The number of piperidine rings is 1. The number of hydrogen-bond donors (Lipinski definition) is 3. The van der Waals surface area contributed by atoms with Crippen LogP contribution in [0, 0.1) is 12.8 Å². The summed E-state index contributed by atoms with van der Waals surface area (Å²) in [5.41, 5.74) is 4.75. The van der Waals surface area contributed by atoms with Crippen molar-refractivity contribution in [3.05, 3.63) is 76.5 Å². The van der Waals surface area contributed by atoms with Crippen molar-refractivity contribution < 1.29 is 14.1 Å². The van der Waals surface area contributed by atoms with E-state index in [1.165, 1.54) is 0 Å². The van der Waals surface area contributed by atoms with E-state index in [2.05, 4.69) is 36.1 Å². The minimum absolute atomic E-state index is 0.0252. The Hall–Kier alpha value is -4.51. The van der Waals surface area contributed by atoms with Gasteiger partial charge in [-0.3, -0.25) is 14.6 Å². The topological polar surface area (TPSA) is 138 Å². The molecule has 216 valence electrons. The van der Waals surface area contributed by atoms with Gasteiger partial charge < -0.3 is 25.4 Å². The number of rotatable bonds is 5. The van der Waals surface area contributed by atoms with E-state index < -0.39 is 0 Å². The smallest absolute Gasteiger partial charge is 0.276 e. The molecular formula is C30H31ClN8O3. The van der Waals surface area contributed by atoms with Gasteiger partial charge in [0, 0.05) is 43.1 Å². The summed E-state index contributed by atoms with van der Waals surface area (Å²) in [6.45, 7) is 3.07. The van der Waals surface area contributed by atoms with Crippen molar-refractivity contribution in [3.8, 4) is 0 Å². The fourth-order valence-corrected chi connectivity index (χ4v) is 5.49. The normalized spacial score (nSPS) is 15.0. The number of nitrogens with one attached hydrogen (secondary N) is 3. The van der Waals surface area contributed by atoms with Crippen LogP contribution >= 0.6 is 11.6 Å². The van der Waals surface area contributed by atoms with E-state index in [-0.39, 0.29) is 11.8 Å². The van der Waals surface area contributed by atoms with Gasteiger partial charge in [-0.15, -0.1) is 0 Å². The van der Waals surface area contributed by atoms with Gasteiger partial charge in [-0.2, -0.15) is 4.98 Å². The molecule has 0 aliphatic carbocycles. The summed E-state index contributed by atoms with van der Waals surface area (Å²) in [5.74, 6) is 1.76. The Morgan fingerprint density at radius 2 is 1.93 bits per heavy atom. The first-order valence-electron chi connectivity index (χ1n) is 14.1. The summed E-state index contributed by atoms with van der Waals surface area (Å²) >= 11 is 6.37. The third-order valence-electron chi connectivity index (χ3n) is 7.65. The van der Waals surface area contributed by atoms with Crippen molar-refractivity contribution in [3.63, 3.8) is 0 Å². The molecule has 0 atom stereocenters. The van der Waals surface area contributed by atoms with Crippen LogP contribution in [0.4, 0.5) is 28.8 Å². The standard InChI is InChI=1S/C30H31ClN8O3/c1-18-12-26(38-42-18)29(41)39-10-8-19(9-11-39)3-7-27(40)36-25-6-5-22-14-21(25)4-2-20-13-23(16-32-15-20)35-30-33-17-24(31)28(34-22)37-30/h5-6,12-17,19H,2-4,7-11H2,1H3,(H,36,40)(H2,33,34,35,37). The lowest BCUT2D eigenvalue weighted by molar-refractivity contribution is -0.116. The Kier molecular flexibility index (Phi) is 8.00. The first-order chi connectivity index (χ1) is 20.4. The van der Waals surface area contributed by atoms with Crippen LogP contribution in [0.2, 0.25) is 5.02 Å². The minimum Gasteiger partial charge on any atom is -0.361 e. The van der Waals surface area contributed by atoms with Gasteiger partial charge in [0.15, 0.2) is 11.5 Å². The maximum Gasteiger partial charge on any atom is 0.276 e. The number of anilines is 5. The fourth-order valence-electron chi connectivity index (χ4n) is 5.35.